The van der Waals surface area contributed by atoms with Gasteiger partial charge in [-0.05, 0) is 12.3 Å². The SMILES string of the molecule is CC(C)CCCCCCCOCCOCCOCCOCCOCCOCCOCCOCCOCCOCCOCCO. The van der Waals surface area contributed by atoms with E-state index in [0.29, 0.717) is 139 Å². The first-order valence-electron chi connectivity index (χ1n) is 16.7. The van der Waals surface area contributed by atoms with Crippen molar-refractivity contribution in [3.8, 4) is 0 Å². The minimum atomic E-state index is 0.0283. The number of hydrogen-bond donors (Lipinski definition) is 1. The van der Waals surface area contributed by atoms with E-state index >= 15 is 0 Å². The van der Waals surface area contributed by atoms with Crippen LogP contribution in [0, 0.1) is 5.92 Å². The fourth-order valence-corrected chi connectivity index (χ4v) is 3.65. The third-order valence-electron chi connectivity index (χ3n) is 6.03. The van der Waals surface area contributed by atoms with Gasteiger partial charge in [-0.3, -0.25) is 0 Å². The van der Waals surface area contributed by atoms with Crippen LogP contribution in [0.25, 0.3) is 0 Å². The van der Waals surface area contributed by atoms with Gasteiger partial charge < -0.3 is 57.2 Å². The molecule has 0 spiro atoms. The van der Waals surface area contributed by atoms with Crippen molar-refractivity contribution in [2.45, 2.75) is 52.4 Å². The molecule has 0 unspecified atom stereocenters. The van der Waals surface area contributed by atoms with E-state index in [2.05, 4.69) is 13.8 Å². The van der Waals surface area contributed by atoms with Crippen molar-refractivity contribution >= 4 is 0 Å². The first kappa shape index (κ1) is 43.5. The summed E-state index contributed by atoms with van der Waals surface area (Å²) in [4.78, 5) is 0. The highest BCUT2D eigenvalue weighted by Crippen LogP contribution is 2.10. The highest BCUT2D eigenvalue weighted by Gasteiger charge is 1.97. The summed E-state index contributed by atoms with van der Waals surface area (Å²) in [5, 5.41) is 8.58. The lowest BCUT2D eigenvalue weighted by atomic mass is 10.0. The Morgan fingerprint density at radius 2 is 0.523 bits per heavy atom. The van der Waals surface area contributed by atoms with Crippen LogP contribution in [-0.4, -0.2) is 157 Å². The van der Waals surface area contributed by atoms with Gasteiger partial charge in [0.05, 0.1) is 145 Å². The van der Waals surface area contributed by atoms with Gasteiger partial charge in [0.2, 0.25) is 0 Å². The van der Waals surface area contributed by atoms with Crippen molar-refractivity contribution in [2.24, 2.45) is 5.92 Å². The topological polar surface area (TPSA) is 122 Å². The predicted octanol–water partition coefficient (Wildman–Crippen LogP) is 3.16. The molecule has 0 saturated heterocycles. The van der Waals surface area contributed by atoms with Crippen molar-refractivity contribution < 1.29 is 57.2 Å². The average Bonchev–Trinajstić information content (AvgIpc) is 3.02. The Morgan fingerprint density at radius 3 is 0.795 bits per heavy atom. The van der Waals surface area contributed by atoms with Gasteiger partial charge in [0, 0.05) is 6.61 Å². The third kappa shape index (κ3) is 41.5. The van der Waals surface area contributed by atoms with Gasteiger partial charge in [0.1, 0.15) is 0 Å². The summed E-state index contributed by atoms with van der Waals surface area (Å²) in [5.41, 5.74) is 0. The van der Waals surface area contributed by atoms with Gasteiger partial charge >= 0.3 is 0 Å². The molecule has 0 rings (SSSR count). The fraction of sp³-hybridized carbons (Fsp3) is 1.00. The molecule has 0 radical (unpaired) electrons. The van der Waals surface area contributed by atoms with E-state index in [4.69, 9.17) is 57.2 Å². The molecule has 44 heavy (non-hydrogen) atoms. The average molecular weight is 643 g/mol. The van der Waals surface area contributed by atoms with Crippen molar-refractivity contribution in [3.05, 3.63) is 0 Å². The summed E-state index contributed by atoms with van der Waals surface area (Å²) in [7, 11) is 0. The molecule has 0 bridgehead atoms. The van der Waals surface area contributed by atoms with Crippen LogP contribution >= 0.6 is 0 Å². The number of aliphatic hydroxyl groups excluding tert-OH is 1. The first-order chi connectivity index (χ1) is 21.8. The molecule has 1 N–H and O–H groups in total. The molecule has 0 heterocycles. The number of rotatable bonds is 40. The maximum absolute atomic E-state index is 8.58. The minimum absolute atomic E-state index is 0.0283. The first-order valence-corrected chi connectivity index (χ1v) is 16.7. The summed E-state index contributed by atoms with van der Waals surface area (Å²) in [6, 6.07) is 0. The van der Waals surface area contributed by atoms with E-state index in [1.165, 1.54) is 32.1 Å². The Labute approximate surface area is 267 Å². The second-order valence-electron chi connectivity index (χ2n) is 10.4. The maximum atomic E-state index is 8.58. The normalized spacial score (nSPS) is 11.7. The summed E-state index contributed by atoms with van der Waals surface area (Å²) in [6.45, 7) is 16.4. The molecule has 0 fully saturated rings. The molecule has 266 valence electrons. The van der Waals surface area contributed by atoms with Crippen LogP contribution in [-0.2, 0) is 52.1 Å². The summed E-state index contributed by atoms with van der Waals surface area (Å²) in [6.07, 6.45) is 7.75. The Kier molecular flexibility index (Phi) is 40.1. The summed E-state index contributed by atoms with van der Waals surface area (Å²) < 4.78 is 59.8. The van der Waals surface area contributed by atoms with Gasteiger partial charge in [-0.2, -0.15) is 0 Å². The van der Waals surface area contributed by atoms with E-state index < -0.39 is 0 Å². The predicted molar refractivity (Wildman–Crippen MR) is 169 cm³/mol. The van der Waals surface area contributed by atoms with Crippen molar-refractivity contribution in [1.29, 1.82) is 0 Å². The summed E-state index contributed by atoms with van der Waals surface area (Å²) in [5.74, 6) is 0.823. The monoisotopic (exact) mass is 642 g/mol. The number of hydrogen-bond acceptors (Lipinski definition) is 12. The largest absolute Gasteiger partial charge is 0.394 e. The Hall–Kier alpha value is -0.480. The number of aliphatic hydroxyl groups is 1. The highest BCUT2D eigenvalue weighted by atomic mass is 16.6. The molecule has 0 aromatic heterocycles. The van der Waals surface area contributed by atoms with E-state index in [-0.39, 0.29) is 6.61 Å². The molecule has 0 aliphatic rings. The summed E-state index contributed by atoms with van der Waals surface area (Å²) >= 11 is 0. The van der Waals surface area contributed by atoms with Crippen LogP contribution in [0.1, 0.15) is 52.4 Å². The van der Waals surface area contributed by atoms with Crippen molar-refractivity contribution in [2.75, 3.05) is 152 Å². The molecule has 0 amide bonds. The van der Waals surface area contributed by atoms with Gasteiger partial charge in [0.15, 0.2) is 0 Å². The highest BCUT2D eigenvalue weighted by molar-refractivity contribution is 4.48. The van der Waals surface area contributed by atoms with Crippen LogP contribution < -0.4 is 0 Å². The van der Waals surface area contributed by atoms with Crippen LogP contribution in [0.4, 0.5) is 0 Å². The molecule has 0 aromatic carbocycles. The Morgan fingerprint density at radius 1 is 0.295 bits per heavy atom. The molecule has 0 aliphatic heterocycles. The maximum Gasteiger partial charge on any atom is 0.0701 e. The lowest BCUT2D eigenvalue weighted by molar-refractivity contribution is -0.0278. The second-order valence-corrected chi connectivity index (χ2v) is 10.4. The quantitative estimate of drug-likeness (QED) is 0.0989. The van der Waals surface area contributed by atoms with Crippen LogP contribution in [0.15, 0.2) is 0 Å². The molecule has 12 heteroatoms. The molecule has 0 saturated carbocycles. The molecule has 0 atom stereocenters. The Balaban J connectivity index is 3.03. The Bertz CT molecular complexity index is 502. The van der Waals surface area contributed by atoms with Gasteiger partial charge in [-0.15, -0.1) is 0 Å². The zero-order valence-electron chi connectivity index (χ0n) is 28.0. The molecular weight excluding hydrogens is 576 g/mol. The van der Waals surface area contributed by atoms with E-state index in [0.717, 1.165) is 18.9 Å². The van der Waals surface area contributed by atoms with E-state index in [1.54, 1.807) is 0 Å². The zero-order valence-corrected chi connectivity index (χ0v) is 28.0. The van der Waals surface area contributed by atoms with Gasteiger partial charge in [0.25, 0.3) is 0 Å². The van der Waals surface area contributed by atoms with E-state index in [1.807, 2.05) is 0 Å². The van der Waals surface area contributed by atoms with Crippen LogP contribution in [0.2, 0.25) is 0 Å². The number of unbranched alkanes of at least 4 members (excludes halogenated alkanes) is 4. The molecule has 12 nitrogen and oxygen atoms in total. The lowest BCUT2D eigenvalue weighted by Crippen LogP contribution is -2.15. The lowest BCUT2D eigenvalue weighted by Gasteiger charge is -2.09. The van der Waals surface area contributed by atoms with Crippen LogP contribution in [0.5, 0.6) is 0 Å². The molecule has 0 aromatic rings. The van der Waals surface area contributed by atoms with Gasteiger partial charge in [-0.25, -0.2) is 0 Å². The second kappa shape index (κ2) is 40.5. The molecule has 0 aliphatic carbocycles. The van der Waals surface area contributed by atoms with E-state index in [9.17, 15) is 0 Å². The minimum Gasteiger partial charge on any atom is -0.394 e. The number of ether oxygens (including phenoxy) is 11. The molecular formula is C32H66O12. The fourth-order valence-electron chi connectivity index (χ4n) is 3.65. The zero-order chi connectivity index (χ0) is 31.9. The smallest absolute Gasteiger partial charge is 0.0701 e. The van der Waals surface area contributed by atoms with Crippen molar-refractivity contribution in [3.63, 3.8) is 0 Å². The van der Waals surface area contributed by atoms with Crippen molar-refractivity contribution in [1.82, 2.24) is 0 Å². The van der Waals surface area contributed by atoms with Crippen LogP contribution in [0.3, 0.4) is 0 Å². The third-order valence-corrected chi connectivity index (χ3v) is 6.03. The standard InChI is InChI=1S/C32H66O12/c1-32(2)8-6-4-3-5-7-10-34-12-14-36-16-18-38-20-22-40-24-26-42-28-30-44-31-29-43-27-25-41-23-21-39-19-17-37-15-13-35-11-9-33/h32-33H,3-31H2,1-2H3. The van der Waals surface area contributed by atoms with Gasteiger partial charge in [-0.1, -0.05) is 46.0 Å².